The second-order valence-corrected chi connectivity index (χ2v) is 6.02. The maximum absolute atomic E-state index is 12.5. The number of unbranched alkanes of at least 4 members (excludes halogenated alkanes) is 1. The van der Waals surface area contributed by atoms with Gasteiger partial charge in [-0.15, -0.1) is 0 Å². The van der Waals surface area contributed by atoms with Gasteiger partial charge in [-0.1, -0.05) is 26.3 Å². The van der Waals surface area contributed by atoms with E-state index in [2.05, 4.69) is 24.1 Å². The third kappa shape index (κ3) is 4.29. The first-order chi connectivity index (χ1) is 10.6. The van der Waals surface area contributed by atoms with Crippen molar-refractivity contribution in [2.45, 2.75) is 39.5 Å². The van der Waals surface area contributed by atoms with E-state index in [9.17, 15) is 9.59 Å². The van der Waals surface area contributed by atoms with Crippen LogP contribution < -0.4 is 5.32 Å². The molecule has 1 saturated heterocycles. The van der Waals surface area contributed by atoms with Gasteiger partial charge in [-0.05, 0) is 37.3 Å². The van der Waals surface area contributed by atoms with Gasteiger partial charge in [0.25, 0.3) is 11.8 Å². The Bertz CT molecular complexity index is 530. The summed E-state index contributed by atoms with van der Waals surface area (Å²) in [5, 5.41) is 2.83. The van der Waals surface area contributed by atoms with E-state index >= 15 is 0 Å². The lowest BCUT2D eigenvalue weighted by Crippen LogP contribution is -2.39. The minimum Gasteiger partial charge on any atom is -0.351 e. The zero-order valence-electron chi connectivity index (χ0n) is 13.5. The fourth-order valence-electron chi connectivity index (χ4n) is 2.69. The molecule has 0 spiro atoms. The van der Waals surface area contributed by atoms with Crippen molar-refractivity contribution in [3.8, 4) is 0 Å². The molecule has 1 N–H and O–H groups in total. The van der Waals surface area contributed by atoms with E-state index < -0.39 is 0 Å². The van der Waals surface area contributed by atoms with Gasteiger partial charge in [0.15, 0.2) is 0 Å². The number of rotatable bonds is 5. The highest BCUT2D eigenvalue weighted by molar-refractivity contribution is 5.96. The van der Waals surface area contributed by atoms with Gasteiger partial charge in [-0.2, -0.15) is 0 Å². The standard InChI is InChI=1S/C17H25N3O2/c1-3-4-10-18-16(21)14-8-5-9-15(19-14)17(22)20-11-6-7-13(2)12-20/h5,8-9,13H,3-4,6-7,10-12H2,1-2H3,(H,18,21). The van der Waals surface area contributed by atoms with Crippen molar-refractivity contribution in [3.63, 3.8) is 0 Å². The molecular weight excluding hydrogens is 278 g/mol. The van der Waals surface area contributed by atoms with Crippen LogP contribution in [-0.2, 0) is 0 Å². The normalized spacial score (nSPS) is 18.1. The number of pyridine rings is 1. The molecule has 120 valence electrons. The lowest BCUT2D eigenvalue weighted by molar-refractivity contribution is 0.0677. The van der Waals surface area contributed by atoms with E-state index in [0.29, 0.717) is 23.9 Å². The summed E-state index contributed by atoms with van der Waals surface area (Å²) in [6, 6.07) is 5.06. The highest BCUT2D eigenvalue weighted by atomic mass is 16.2. The molecule has 1 unspecified atom stereocenters. The minimum atomic E-state index is -0.213. The molecule has 1 aliphatic heterocycles. The van der Waals surface area contributed by atoms with Crippen LogP contribution in [0.4, 0.5) is 0 Å². The summed E-state index contributed by atoms with van der Waals surface area (Å²) in [4.78, 5) is 30.6. The Morgan fingerprint density at radius 3 is 2.86 bits per heavy atom. The van der Waals surface area contributed by atoms with E-state index in [1.54, 1.807) is 18.2 Å². The summed E-state index contributed by atoms with van der Waals surface area (Å²) in [6.45, 7) is 6.41. The number of nitrogens with one attached hydrogen (secondary N) is 1. The lowest BCUT2D eigenvalue weighted by atomic mass is 10.00. The first kappa shape index (κ1) is 16.5. The van der Waals surface area contributed by atoms with Crippen LogP contribution in [0.25, 0.3) is 0 Å². The summed E-state index contributed by atoms with van der Waals surface area (Å²) >= 11 is 0. The van der Waals surface area contributed by atoms with E-state index in [4.69, 9.17) is 0 Å². The van der Waals surface area contributed by atoms with Gasteiger partial charge < -0.3 is 10.2 Å². The molecule has 22 heavy (non-hydrogen) atoms. The van der Waals surface area contributed by atoms with Crippen molar-refractivity contribution in [2.24, 2.45) is 5.92 Å². The van der Waals surface area contributed by atoms with E-state index in [1.165, 1.54) is 0 Å². The number of hydrogen-bond acceptors (Lipinski definition) is 3. The predicted octanol–water partition coefficient (Wildman–Crippen LogP) is 2.48. The van der Waals surface area contributed by atoms with Crippen molar-refractivity contribution in [1.29, 1.82) is 0 Å². The number of aromatic nitrogens is 1. The number of likely N-dealkylation sites (tertiary alicyclic amines) is 1. The molecule has 5 nitrogen and oxygen atoms in total. The molecule has 1 aliphatic rings. The summed E-state index contributed by atoms with van der Waals surface area (Å²) in [7, 11) is 0. The van der Waals surface area contributed by atoms with Gasteiger partial charge in [0.2, 0.25) is 0 Å². The molecular formula is C17H25N3O2. The van der Waals surface area contributed by atoms with Crippen LogP contribution in [-0.4, -0.2) is 41.3 Å². The van der Waals surface area contributed by atoms with E-state index in [1.807, 2.05) is 4.90 Å². The molecule has 0 aromatic carbocycles. The Morgan fingerprint density at radius 2 is 2.14 bits per heavy atom. The maximum atomic E-state index is 12.5. The van der Waals surface area contributed by atoms with Gasteiger partial charge in [0.1, 0.15) is 11.4 Å². The summed E-state index contributed by atoms with van der Waals surface area (Å²) in [5.41, 5.74) is 0.671. The first-order valence-electron chi connectivity index (χ1n) is 8.16. The maximum Gasteiger partial charge on any atom is 0.272 e. The number of carbonyl (C=O) groups excluding carboxylic acids is 2. The van der Waals surface area contributed by atoms with Crippen LogP contribution in [0.1, 0.15) is 60.5 Å². The van der Waals surface area contributed by atoms with Crippen molar-refractivity contribution < 1.29 is 9.59 Å². The van der Waals surface area contributed by atoms with Crippen LogP contribution in [0.15, 0.2) is 18.2 Å². The number of piperidine rings is 1. The highest BCUT2D eigenvalue weighted by Gasteiger charge is 2.23. The van der Waals surface area contributed by atoms with Crippen molar-refractivity contribution in [3.05, 3.63) is 29.6 Å². The average molecular weight is 303 g/mol. The van der Waals surface area contributed by atoms with Gasteiger partial charge in [0.05, 0.1) is 0 Å². The molecule has 1 aromatic rings. The second kappa shape index (κ2) is 7.92. The smallest absolute Gasteiger partial charge is 0.272 e. The van der Waals surface area contributed by atoms with Crippen molar-refractivity contribution >= 4 is 11.8 Å². The van der Waals surface area contributed by atoms with E-state index in [-0.39, 0.29) is 11.8 Å². The van der Waals surface area contributed by atoms with E-state index in [0.717, 1.165) is 38.8 Å². The molecule has 2 rings (SSSR count). The van der Waals surface area contributed by atoms with Gasteiger partial charge in [-0.25, -0.2) is 4.98 Å². The Balaban J connectivity index is 2.04. The molecule has 1 fully saturated rings. The fraction of sp³-hybridized carbons (Fsp3) is 0.588. The number of amides is 2. The Kier molecular flexibility index (Phi) is 5.92. The molecule has 5 heteroatoms. The minimum absolute atomic E-state index is 0.0743. The topological polar surface area (TPSA) is 62.3 Å². The zero-order chi connectivity index (χ0) is 15.9. The molecule has 0 aliphatic carbocycles. The predicted molar refractivity (Wildman–Crippen MR) is 85.8 cm³/mol. The Morgan fingerprint density at radius 1 is 1.36 bits per heavy atom. The van der Waals surface area contributed by atoms with Crippen LogP contribution in [0.3, 0.4) is 0 Å². The molecule has 1 aromatic heterocycles. The zero-order valence-corrected chi connectivity index (χ0v) is 13.5. The Labute approximate surface area is 132 Å². The van der Waals surface area contributed by atoms with Gasteiger partial charge in [0, 0.05) is 19.6 Å². The fourth-order valence-corrected chi connectivity index (χ4v) is 2.69. The monoisotopic (exact) mass is 303 g/mol. The largest absolute Gasteiger partial charge is 0.351 e. The number of hydrogen-bond donors (Lipinski definition) is 1. The average Bonchev–Trinajstić information content (AvgIpc) is 2.54. The molecule has 2 heterocycles. The van der Waals surface area contributed by atoms with Crippen molar-refractivity contribution in [2.75, 3.05) is 19.6 Å². The highest BCUT2D eigenvalue weighted by Crippen LogP contribution is 2.17. The van der Waals surface area contributed by atoms with Crippen LogP contribution >= 0.6 is 0 Å². The SMILES string of the molecule is CCCCNC(=O)c1cccc(C(=O)N2CCCC(C)C2)n1. The molecule has 0 bridgehead atoms. The van der Waals surface area contributed by atoms with Crippen LogP contribution in [0.5, 0.6) is 0 Å². The van der Waals surface area contributed by atoms with Gasteiger partial charge in [-0.3, -0.25) is 9.59 Å². The lowest BCUT2D eigenvalue weighted by Gasteiger charge is -2.30. The summed E-state index contributed by atoms with van der Waals surface area (Å²) in [5.74, 6) is 0.239. The first-order valence-corrected chi connectivity index (χ1v) is 8.16. The Hall–Kier alpha value is -1.91. The van der Waals surface area contributed by atoms with Crippen molar-refractivity contribution in [1.82, 2.24) is 15.2 Å². The molecule has 2 amide bonds. The second-order valence-electron chi connectivity index (χ2n) is 6.02. The number of nitrogens with zero attached hydrogens (tertiary/aromatic N) is 2. The van der Waals surface area contributed by atoms with Crippen LogP contribution in [0, 0.1) is 5.92 Å². The molecule has 1 atom stereocenters. The quantitative estimate of drug-likeness (QED) is 0.850. The number of carbonyl (C=O) groups is 2. The van der Waals surface area contributed by atoms with Crippen LogP contribution in [0.2, 0.25) is 0 Å². The third-order valence-corrected chi connectivity index (χ3v) is 3.96. The van der Waals surface area contributed by atoms with Gasteiger partial charge >= 0.3 is 0 Å². The molecule has 0 radical (unpaired) electrons. The molecule has 0 saturated carbocycles. The summed E-state index contributed by atoms with van der Waals surface area (Å²) < 4.78 is 0. The third-order valence-electron chi connectivity index (χ3n) is 3.96. The summed E-state index contributed by atoms with van der Waals surface area (Å²) in [6.07, 6.45) is 4.16.